The first-order valence-electron chi connectivity index (χ1n) is 9.25. The Morgan fingerprint density at radius 2 is 2.11 bits per heavy atom. The smallest absolute Gasteiger partial charge is 0.254 e. The van der Waals surface area contributed by atoms with Crippen molar-refractivity contribution in [3.63, 3.8) is 0 Å². The van der Waals surface area contributed by atoms with Crippen LogP contribution in [0.15, 0.2) is 18.5 Å². The molecular weight excluding hydrogens is 344 g/mol. The maximum Gasteiger partial charge on any atom is 0.254 e. The molecule has 0 bridgehead atoms. The summed E-state index contributed by atoms with van der Waals surface area (Å²) in [5, 5.41) is 13.2. The van der Waals surface area contributed by atoms with Crippen LogP contribution in [0.25, 0.3) is 5.78 Å². The molecule has 0 N–H and O–H groups in total. The van der Waals surface area contributed by atoms with Crippen molar-refractivity contribution in [1.82, 2.24) is 29.8 Å². The molecule has 1 saturated heterocycles. The number of likely N-dealkylation sites (N-methyl/N-ethyl adjacent to an activating group) is 1. The zero-order valence-corrected chi connectivity index (χ0v) is 15.5. The molecule has 27 heavy (non-hydrogen) atoms. The lowest BCUT2D eigenvalue weighted by molar-refractivity contribution is 0.181. The van der Waals surface area contributed by atoms with Crippen molar-refractivity contribution in [1.29, 1.82) is 0 Å². The van der Waals surface area contributed by atoms with Gasteiger partial charge in [-0.05, 0) is 30.9 Å². The Morgan fingerprint density at radius 3 is 2.96 bits per heavy atom. The summed E-state index contributed by atoms with van der Waals surface area (Å²) in [6, 6.07) is 4.60. The average molecular weight is 366 g/mol. The van der Waals surface area contributed by atoms with Crippen molar-refractivity contribution in [2.24, 2.45) is 0 Å². The van der Waals surface area contributed by atoms with Gasteiger partial charge in [0, 0.05) is 33.3 Å². The fraction of sp³-hybridized carbons (Fsp3) is 0.500. The summed E-state index contributed by atoms with van der Waals surface area (Å²) in [7, 11) is 3.75. The van der Waals surface area contributed by atoms with E-state index in [0.717, 1.165) is 43.3 Å². The van der Waals surface area contributed by atoms with Crippen LogP contribution in [0.2, 0.25) is 0 Å². The van der Waals surface area contributed by atoms with Gasteiger partial charge in [0.1, 0.15) is 12.1 Å². The van der Waals surface area contributed by atoms with Crippen LogP contribution in [-0.2, 0) is 24.2 Å². The molecule has 0 radical (unpaired) electrons. The summed E-state index contributed by atoms with van der Waals surface area (Å²) < 4.78 is 7.01. The normalized spacial score (nSPS) is 16.6. The number of aromatic nitrogens is 6. The minimum atomic E-state index is 0.366. The fourth-order valence-electron chi connectivity index (χ4n) is 3.86. The predicted octanol–water partition coefficient (Wildman–Crippen LogP) is 0.874. The molecule has 1 aliphatic carbocycles. The summed E-state index contributed by atoms with van der Waals surface area (Å²) in [5.74, 6) is 2.54. The molecule has 1 fully saturated rings. The Labute approximate surface area is 157 Å². The Balaban J connectivity index is 1.35. The van der Waals surface area contributed by atoms with E-state index in [1.54, 1.807) is 11.6 Å². The van der Waals surface area contributed by atoms with Gasteiger partial charge in [-0.3, -0.25) is 0 Å². The largest absolute Gasteiger partial charge is 0.378 e. The molecule has 0 amide bonds. The lowest BCUT2D eigenvalue weighted by atomic mass is 10.1. The number of ether oxygens (including phenoxy) is 1. The van der Waals surface area contributed by atoms with Crippen LogP contribution in [0.4, 0.5) is 11.6 Å². The van der Waals surface area contributed by atoms with Crippen molar-refractivity contribution in [3.05, 3.63) is 35.4 Å². The van der Waals surface area contributed by atoms with Crippen molar-refractivity contribution < 1.29 is 4.74 Å². The van der Waals surface area contributed by atoms with Crippen molar-refractivity contribution >= 4 is 17.4 Å². The molecule has 3 aromatic rings. The molecule has 0 unspecified atom stereocenters. The Morgan fingerprint density at radius 1 is 1.22 bits per heavy atom. The molecule has 0 aromatic carbocycles. The van der Waals surface area contributed by atoms with Crippen LogP contribution in [0.5, 0.6) is 0 Å². The number of rotatable bonds is 5. The fourth-order valence-corrected chi connectivity index (χ4v) is 3.86. The molecule has 0 spiro atoms. The lowest BCUT2D eigenvalue weighted by Crippen LogP contribution is -2.59. The standard InChI is InChI=1S/C18H22N8O/c1-24(17-7-13(10-27-2)21-18-19-11-20-26(17)18)14-8-25(9-14)16-6-12-4-3-5-15(12)22-23-16/h6-7,11,14H,3-5,8-10H2,1-2H3. The van der Waals surface area contributed by atoms with E-state index in [0.29, 0.717) is 18.4 Å². The maximum atomic E-state index is 5.24. The number of anilines is 2. The number of hydrogen-bond acceptors (Lipinski definition) is 8. The molecule has 4 heterocycles. The minimum absolute atomic E-state index is 0.366. The molecule has 0 saturated carbocycles. The number of nitrogens with zero attached hydrogens (tertiary/aromatic N) is 8. The van der Waals surface area contributed by atoms with Gasteiger partial charge < -0.3 is 14.5 Å². The van der Waals surface area contributed by atoms with E-state index in [1.807, 2.05) is 6.07 Å². The molecule has 2 aliphatic rings. The lowest BCUT2D eigenvalue weighted by Gasteiger charge is -2.45. The SMILES string of the molecule is COCc1cc(N(C)C2CN(c3cc4c(nn3)CCC4)C2)n2ncnc2n1. The van der Waals surface area contributed by atoms with Gasteiger partial charge in [0.25, 0.3) is 5.78 Å². The van der Waals surface area contributed by atoms with Crippen LogP contribution in [0, 0.1) is 0 Å². The number of aryl methyl sites for hydroxylation is 2. The number of methoxy groups -OCH3 is 1. The van der Waals surface area contributed by atoms with E-state index in [1.165, 1.54) is 24.0 Å². The summed E-state index contributed by atoms with van der Waals surface area (Å²) in [4.78, 5) is 13.2. The highest BCUT2D eigenvalue weighted by atomic mass is 16.5. The quantitative estimate of drug-likeness (QED) is 0.658. The Bertz CT molecular complexity index is 981. The van der Waals surface area contributed by atoms with E-state index < -0.39 is 0 Å². The van der Waals surface area contributed by atoms with Gasteiger partial charge in [-0.15, -0.1) is 5.10 Å². The van der Waals surface area contributed by atoms with Crippen LogP contribution in [-0.4, -0.2) is 63.1 Å². The summed E-state index contributed by atoms with van der Waals surface area (Å²) in [6.45, 7) is 2.26. The van der Waals surface area contributed by atoms with Gasteiger partial charge >= 0.3 is 0 Å². The molecule has 9 nitrogen and oxygen atoms in total. The van der Waals surface area contributed by atoms with Gasteiger partial charge in [0.2, 0.25) is 0 Å². The number of hydrogen-bond donors (Lipinski definition) is 0. The van der Waals surface area contributed by atoms with E-state index >= 15 is 0 Å². The zero-order valence-electron chi connectivity index (χ0n) is 15.5. The van der Waals surface area contributed by atoms with E-state index in [-0.39, 0.29) is 0 Å². The molecule has 140 valence electrons. The molecule has 3 aromatic heterocycles. The third-order valence-corrected chi connectivity index (χ3v) is 5.48. The molecule has 0 atom stereocenters. The topological polar surface area (TPSA) is 84.6 Å². The highest BCUT2D eigenvalue weighted by Crippen LogP contribution is 2.28. The summed E-state index contributed by atoms with van der Waals surface area (Å²) in [5.41, 5.74) is 3.38. The van der Waals surface area contributed by atoms with Gasteiger partial charge in [-0.25, -0.2) is 4.98 Å². The molecular formula is C18H22N8O. The minimum Gasteiger partial charge on any atom is -0.378 e. The summed E-state index contributed by atoms with van der Waals surface area (Å²) in [6.07, 6.45) is 4.91. The predicted molar refractivity (Wildman–Crippen MR) is 100.0 cm³/mol. The van der Waals surface area contributed by atoms with Crippen molar-refractivity contribution in [3.8, 4) is 0 Å². The van der Waals surface area contributed by atoms with E-state index in [9.17, 15) is 0 Å². The third-order valence-electron chi connectivity index (χ3n) is 5.48. The zero-order chi connectivity index (χ0) is 18.4. The van der Waals surface area contributed by atoms with E-state index in [4.69, 9.17) is 4.74 Å². The Hall–Kier alpha value is -2.81. The second-order valence-corrected chi connectivity index (χ2v) is 7.21. The highest BCUT2D eigenvalue weighted by Gasteiger charge is 2.33. The molecule has 1 aliphatic heterocycles. The van der Waals surface area contributed by atoms with Gasteiger partial charge in [0.15, 0.2) is 5.82 Å². The first-order valence-corrected chi connectivity index (χ1v) is 9.25. The second kappa shape index (κ2) is 6.41. The highest BCUT2D eigenvalue weighted by molar-refractivity contribution is 5.52. The third kappa shape index (κ3) is 2.78. The van der Waals surface area contributed by atoms with Crippen LogP contribution in [0.3, 0.4) is 0 Å². The maximum absolute atomic E-state index is 5.24. The Kier molecular flexibility index (Phi) is 3.89. The van der Waals surface area contributed by atoms with Crippen LogP contribution < -0.4 is 9.80 Å². The number of fused-ring (bicyclic) bond motifs is 2. The van der Waals surface area contributed by atoms with Crippen molar-refractivity contribution in [2.75, 3.05) is 37.0 Å². The van der Waals surface area contributed by atoms with Crippen LogP contribution >= 0.6 is 0 Å². The van der Waals surface area contributed by atoms with Crippen LogP contribution in [0.1, 0.15) is 23.4 Å². The summed E-state index contributed by atoms with van der Waals surface area (Å²) >= 11 is 0. The molecule has 9 heteroatoms. The monoisotopic (exact) mass is 366 g/mol. The first-order chi connectivity index (χ1) is 13.2. The average Bonchev–Trinajstić information content (AvgIpc) is 3.28. The first kappa shape index (κ1) is 16.4. The second-order valence-electron chi connectivity index (χ2n) is 7.21. The van der Waals surface area contributed by atoms with Gasteiger partial charge in [-0.1, -0.05) is 0 Å². The van der Waals surface area contributed by atoms with Crippen molar-refractivity contribution in [2.45, 2.75) is 31.9 Å². The van der Waals surface area contributed by atoms with Gasteiger partial charge in [0.05, 0.1) is 24.0 Å². The molecule has 5 rings (SSSR count). The van der Waals surface area contributed by atoms with E-state index in [2.05, 4.69) is 48.2 Å². The van der Waals surface area contributed by atoms with Gasteiger partial charge in [-0.2, -0.15) is 19.7 Å².